The van der Waals surface area contributed by atoms with Gasteiger partial charge in [-0.05, 0) is 43.0 Å². The Morgan fingerprint density at radius 2 is 1.58 bits per heavy atom. The predicted octanol–water partition coefficient (Wildman–Crippen LogP) is 3.75. The zero-order valence-electron chi connectivity index (χ0n) is 11.1. The van der Waals surface area contributed by atoms with E-state index in [1.807, 2.05) is 25.1 Å². The Kier molecular flexibility index (Phi) is 4.33. The van der Waals surface area contributed by atoms with Crippen LogP contribution in [0.25, 0.3) is 0 Å². The van der Waals surface area contributed by atoms with Crippen molar-refractivity contribution in [3.63, 3.8) is 0 Å². The van der Waals surface area contributed by atoms with E-state index in [9.17, 15) is 9.50 Å². The van der Waals surface area contributed by atoms with E-state index < -0.39 is 5.60 Å². The lowest BCUT2D eigenvalue weighted by Crippen LogP contribution is -2.27. The molecule has 100 valence electrons. The minimum absolute atomic E-state index is 0.243. The molecule has 0 spiro atoms. The van der Waals surface area contributed by atoms with E-state index in [-0.39, 0.29) is 5.82 Å². The number of aliphatic hydroxyl groups is 1. The number of aryl methyl sites for hydroxylation is 1. The van der Waals surface area contributed by atoms with Crippen molar-refractivity contribution in [2.45, 2.75) is 31.8 Å². The SMILES string of the molecule is CC(O)(CCc1ccccc1)Cc1ccc(F)cc1. The molecule has 1 N–H and O–H groups in total. The first-order valence-electron chi connectivity index (χ1n) is 6.56. The summed E-state index contributed by atoms with van der Waals surface area (Å²) in [5.74, 6) is -0.243. The minimum atomic E-state index is -0.770. The van der Waals surface area contributed by atoms with Crippen molar-refractivity contribution in [3.05, 3.63) is 71.5 Å². The molecule has 0 heterocycles. The maximum Gasteiger partial charge on any atom is 0.123 e. The maximum absolute atomic E-state index is 12.8. The van der Waals surface area contributed by atoms with E-state index >= 15 is 0 Å². The fourth-order valence-corrected chi connectivity index (χ4v) is 2.19. The van der Waals surface area contributed by atoms with Gasteiger partial charge >= 0.3 is 0 Å². The van der Waals surface area contributed by atoms with Crippen LogP contribution in [0.4, 0.5) is 4.39 Å². The van der Waals surface area contributed by atoms with Crippen LogP contribution < -0.4 is 0 Å². The molecule has 1 unspecified atom stereocenters. The van der Waals surface area contributed by atoms with Gasteiger partial charge in [0.1, 0.15) is 5.82 Å². The molecule has 0 saturated heterocycles. The van der Waals surface area contributed by atoms with Crippen molar-refractivity contribution in [2.75, 3.05) is 0 Å². The van der Waals surface area contributed by atoms with Gasteiger partial charge in [0.15, 0.2) is 0 Å². The Balaban J connectivity index is 1.93. The molecule has 2 aromatic carbocycles. The van der Waals surface area contributed by atoms with Crippen LogP contribution in [0.15, 0.2) is 54.6 Å². The van der Waals surface area contributed by atoms with Gasteiger partial charge in [-0.2, -0.15) is 0 Å². The van der Waals surface area contributed by atoms with Crippen LogP contribution in [0, 0.1) is 5.82 Å². The molecule has 0 bridgehead atoms. The van der Waals surface area contributed by atoms with E-state index in [2.05, 4.69) is 12.1 Å². The molecular formula is C17H19FO. The Hall–Kier alpha value is -1.67. The molecule has 0 aliphatic heterocycles. The fourth-order valence-electron chi connectivity index (χ4n) is 2.19. The summed E-state index contributed by atoms with van der Waals surface area (Å²) in [6.07, 6.45) is 2.07. The lowest BCUT2D eigenvalue weighted by Gasteiger charge is -2.23. The fraction of sp³-hybridized carbons (Fsp3) is 0.294. The van der Waals surface area contributed by atoms with Crippen molar-refractivity contribution in [1.82, 2.24) is 0 Å². The minimum Gasteiger partial charge on any atom is -0.390 e. The van der Waals surface area contributed by atoms with Crippen molar-refractivity contribution < 1.29 is 9.50 Å². The van der Waals surface area contributed by atoms with Crippen LogP contribution in [0.5, 0.6) is 0 Å². The number of halogens is 1. The molecule has 0 radical (unpaired) electrons. The van der Waals surface area contributed by atoms with Gasteiger partial charge in [0, 0.05) is 6.42 Å². The van der Waals surface area contributed by atoms with Crippen LogP contribution in [-0.2, 0) is 12.8 Å². The standard InChI is InChI=1S/C17H19FO/c1-17(19,12-11-14-5-3-2-4-6-14)13-15-7-9-16(18)10-8-15/h2-10,19H,11-13H2,1H3. The van der Waals surface area contributed by atoms with E-state index in [0.29, 0.717) is 12.8 Å². The first-order chi connectivity index (χ1) is 9.05. The Morgan fingerprint density at radius 1 is 0.947 bits per heavy atom. The van der Waals surface area contributed by atoms with Gasteiger partial charge in [-0.15, -0.1) is 0 Å². The molecule has 1 atom stereocenters. The number of benzene rings is 2. The Morgan fingerprint density at radius 3 is 2.21 bits per heavy atom. The van der Waals surface area contributed by atoms with E-state index in [1.54, 1.807) is 12.1 Å². The first kappa shape index (κ1) is 13.8. The second-order valence-electron chi connectivity index (χ2n) is 5.29. The van der Waals surface area contributed by atoms with Gasteiger partial charge in [-0.25, -0.2) is 4.39 Å². The average molecular weight is 258 g/mol. The smallest absolute Gasteiger partial charge is 0.123 e. The first-order valence-corrected chi connectivity index (χ1v) is 6.56. The monoisotopic (exact) mass is 258 g/mol. The number of hydrogen-bond acceptors (Lipinski definition) is 1. The molecule has 2 aromatic rings. The average Bonchev–Trinajstić information content (AvgIpc) is 2.40. The topological polar surface area (TPSA) is 20.2 Å². The maximum atomic E-state index is 12.8. The summed E-state index contributed by atoms with van der Waals surface area (Å²) in [7, 11) is 0. The second-order valence-corrected chi connectivity index (χ2v) is 5.29. The van der Waals surface area contributed by atoms with E-state index in [4.69, 9.17) is 0 Å². The third kappa shape index (κ3) is 4.49. The summed E-state index contributed by atoms with van der Waals surface area (Å²) in [5.41, 5.74) is 1.41. The third-order valence-corrected chi connectivity index (χ3v) is 3.29. The van der Waals surface area contributed by atoms with E-state index in [0.717, 1.165) is 12.0 Å². The summed E-state index contributed by atoms with van der Waals surface area (Å²) >= 11 is 0. The van der Waals surface area contributed by atoms with Crippen molar-refractivity contribution in [1.29, 1.82) is 0 Å². The Labute approximate surface area is 113 Å². The van der Waals surface area contributed by atoms with Crippen LogP contribution in [-0.4, -0.2) is 10.7 Å². The normalized spacial score (nSPS) is 14.1. The van der Waals surface area contributed by atoms with Crippen molar-refractivity contribution in [3.8, 4) is 0 Å². The lowest BCUT2D eigenvalue weighted by atomic mass is 9.90. The van der Waals surface area contributed by atoms with E-state index in [1.165, 1.54) is 17.7 Å². The highest BCUT2D eigenvalue weighted by Gasteiger charge is 2.20. The molecule has 0 aliphatic carbocycles. The molecule has 0 amide bonds. The van der Waals surface area contributed by atoms with Crippen LogP contribution in [0.1, 0.15) is 24.5 Å². The van der Waals surface area contributed by atoms with Gasteiger partial charge < -0.3 is 5.11 Å². The number of rotatable bonds is 5. The highest BCUT2D eigenvalue weighted by Crippen LogP contribution is 2.19. The number of hydrogen-bond donors (Lipinski definition) is 1. The van der Waals surface area contributed by atoms with Crippen LogP contribution in [0.3, 0.4) is 0 Å². The summed E-state index contributed by atoms with van der Waals surface area (Å²) < 4.78 is 12.8. The molecule has 19 heavy (non-hydrogen) atoms. The van der Waals surface area contributed by atoms with Gasteiger partial charge in [-0.1, -0.05) is 42.5 Å². The summed E-state index contributed by atoms with van der Waals surface area (Å²) in [4.78, 5) is 0. The third-order valence-electron chi connectivity index (χ3n) is 3.29. The molecular weight excluding hydrogens is 239 g/mol. The summed E-state index contributed by atoms with van der Waals surface area (Å²) in [5, 5.41) is 10.4. The zero-order chi connectivity index (χ0) is 13.7. The van der Waals surface area contributed by atoms with Crippen molar-refractivity contribution >= 4 is 0 Å². The quantitative estimate of drug-likeness (QED) is 0.866. The molecule has 2 heteroatoms. The van der Waals surface area contributed by atoms with Crippen LogP contribution >= 0.6 is 0 Å². The largest absolute Gasteiger partial charge is 0.390 e. The van der Waals surface area contributed by atoms with Gasteiger partial charge in [0.2, 0.25) is 0 Å². The molecule has 0 saturated carbocycles. The molecule has 2 rings (SSSR count). The summed E-state index contributed by atoms with van der Waals surface area (Å²) in [6, 6.07) is 16.4. The predicted molar refractivity (Wildman–Crippen MR) is 75.5 cm³/mol. The zero-order valence-corrected chi connectivity index (χ0v) is 11.1. The highest BCUT2D eigenvalue weighted by molar-refractivity contribution is 5.19. The van der Waals surface area contributed by atoms with Crippen LogP contribution in [0.2, 0.25) is 0 Å². The molecule has 0 aromatic heterocycles. The molecule has 1 nitrogen and oxygen atoms in total. The van der Waals surface area contributed by atoms with Gasteiger partial charge in [0.25, 0.3) is 0 Å². The molecule has 0 fully saturated rings. The summed E-state index contributed by atoms with van der Waals surface area (Å²) in [6.45, 7) is 1.83. The van der Waals surface area contributed by atoms with Crippen molar-refractivity contribution in [2.24, 2.45) is 0 Å². The highest BCUT2D eigenvalue weighted by atomic mass is 19.1. The second kappa shape index (κ2) is 5.98. The van der Waals surface area contributed by atoms with Gasteiger partial charge in [0.05, 0.1) is 5.60 Å². The molecule has 0 aliphatic rings. The lowest BCUT2D eigenvalue weighted by molar-refractivity contribution is 0.0516. The Bertz CT molecular complexity index is 503. The van der Waals surface area contributed by atoms with Gasteiger partial charge in [-0.3, -0.25) is 0 Å².